The van der Waals surface area contributed by atoms with Gasteiger partial charge in [0.15, 0.2) is 0 Å². The topological polar surface area (TPSA) is 38.3 Å². The normalized spacial score (nSPS) is 7.75. The molecule has 0 atom stereocenters. The Morgan fingerprint density at radius 1 is 1.62 bits per heavy atom. The quantitative estimate of drug-likeness (QED) is 0.535. The van der Waals surface area contributed by atoms with Crippen molar-refractivity contribution in [3.8, 4) is 0 Å². The van der Waals surface area contributed by atoms with E-state index in [2.05, 4.69) is 16.9 Å². The van der Waals surface area contributed by atoms with Crippen LogP contribution in [-0.2, 0) is 9.63 Å². The Hall–Kier alpha value is -0.990. The summed E-state index contributed by atoms with van der Waals surface area (Å²) in [6.07, 6.45) is 0. The lowest BCUT2D eigenvalue weighted by Crippen LogP contribution is -2.14. The Balaban J connectivity index is 3.18. The van der Waals surface area contributed by atoms with Gasteiger partial charge in [-0.2, -0.15) is 0 Å². The molecular formula is C5H9NO2. The molecule has 0 heterocycles. The number of hydrogen-bond acceptors (Lipinski definition) is 3. The molecule has 8 heavy (non-hydrogen) atoms. The molecule has 3 heteroatoms. The van der Waals surface area contributed by atoms with E-state index in [1.54, 1.807) is 6.92 Å². The first-order chi connectivity index (χ1) is 3.63. The summed E-state index contributed by atoms with van der Waals surface area (Å²) in [5.74, 6) is -0.368. The molecule has 0 saturated carbocycles. The molecule has 0 aromatic carbocycles. The first kappa shape index (κ1) is 7.01. The molecule has 0 radical (unpaired) electrons. The number of carbonyl (C=O) groups is 1. The van der Waals surface area contributed by atoms with Crippen molar-refractivity contribution in [3.63, 3.8) is 0 Å². The molecular weight excluding hydrogens is 106 g/mol. The summed E-state index contributed by atoms with van der Waals surface area (Å²) in [6.45, 7) is 6.45. The van der Waals surface area contributed by atoms with Crippen molar-refractivity contribution in [2.75, 3.05) is 0 Å². The van der Waals surface area contributed by atoms with Gasteiger partial charge in [-0.3, -0.25) is 4.79 Å². The number of carbonyl (C=O) groups excluding carboxylic acids is 1. The zero-order valence-electron chi connectivity index (χ0n) is 5.02. The number of rotatable bonds is 2. The van der Waals surface area contributed by atoms with Crippen LogP contribution in [0.1, 0.15) is 13.8 Å². The minimum atomic E-state index is -0.368. The van der Waals surface area contributed by atoms with Crippen LogP contribution < -0.4 is 5.48 Å². The van der Waals surface area contributed by atoms with Crippen molar-refractivity contribution in [1.82, 2.24) is 5.48 Å². The van der Waals surface area contributed by atoms with E-state index in [-0.39, 0.29) is 5.97 Å². The fraction of sp³-hybridized carbons (Fsp3) is 0.400. The highest BCUT2D eigenvalue weighted by Crippen LogP contribution is 1.77. The van der Waals surface area contributed by atoms with Crippen molar-refractivity contribution in [1.29, 1.82) is 0 Å². The average molecular weight is 115 g/mol. The molecule has 0 aliphatic carbocycles. The zero-order valence-corrected chi connectivity index (χ0v) is 5.02. The second-order valence-corrected chi connectivity index (χ2v) is 1.48. The van der Waals surface area contributed by atoms with E-state index in [0.717, 1.165) is 0 Å². The van der Waals surface area contributed by atoms with Crippen LogP contribution in [0.15, 0.2) is 12.3 Å². The predicted molar refractivity (Wildman–Crippen MR) is 29.7 cm³/mol. The highest BCUT2D eigenvalue weighted by molar-refractivity contribution is 5.65. The van der Waals surface area contributed by atoms with Gasteiger partial charge in [-0.25, -0.2) is 5.48 Å². The smallest absolute Gasteiger partial charge is 0.329 e. The zero-order chi connectivity index (χ0) is 6.57. The minimum Gasteiger partial charge on any atom is -0.344 e. The Kier molecular flexibility index (Phi) is 2.69. The molecule has 0 spiro atoms. The van der Waals surface area contributed by atoms with Crippen molar-refractivity contribution in [2.45, 2.75) is 13.8 Å². The maximum Gasteiger partial charge on any atom is 0.329 e. The number of allylic oxidation sites excluding steroid dienone is 1. The van der Waals surface area contributed by atoms with Crippen LogP contribution in [0, 0.1) is 0 Å². The Bertz CT molecular complexity index is 95.0. The maximum absolute atomic E-state index is 10.0. The van der Waals surface area contributed by atoms with Crippen LogP contribution in [0.2, 0.25) is 0 Å². The van der Waals surface area contributed by atoms with Crippen LogP contribution in [0.25, 0.3) is 0 Å². The number of hydroxylamine groups is 1. The van der Waals surface area contributed by atoms with E-state index in [1.165, 1.54) is 6.92 Å². The molecule has 0 aliphatic rings. The Labute approximate surface area is 48.3 Å². The van der Waals surface area contributed by atoms with Gasteiger partial charge < -0.3 is 4.84 Å². The molecule has 0 aromatic rings. The SMILES string of the molecule is C=C(C)NOC(C)=O. The lowest BCUT2D eigenvalue weighted by molar-refractivity contribution is -0.146. The predicted octanol–water partition coefficient (Wildman–Crippen LogP) is 0.588. The van der Waals surface area contributed by atoms with Gasteiger partial charge in [0, 0.05) is 12.6 Å². The number of nitrogens with one attached hydrogen (secondary N) is 1. The molecule has 1 N–H and O–H groups in total. The molecule has 0 rings (SSSR count). The second kappa shape index (κ2) is 3.07. The molecule has 0 bridgehead atoms. The van der Waals surface area contributed by atoms with E-state index < -0.39 is 0 Å². The molecule has 0 unspecified atom stereocenters. The van der Waals surface area contributed by atoms with Gasteiger partial charge in [-0.05, 0) is 6.92 Å². The molecule has 0 fully saturated rings. The van der Waals surface area contributed by atoms with Crippen LogP contribution in [0.5, 0.6) is 0 Å². The molecule has 46 valence electrons. The molecule has 3 nitrogen and oxygen atoms in total. The van der Waals surface area contributed by atoms with Gasteiger partial charge in [0.1, 0.15) is 0 Å². The summed E-state index contributed by atoms with van der Waals surface area (Å²) < 4.78 is 0. The van der Waals surface area contributed by atoms with E-state index in [1.807, 2.05) is 0 Å². The van der Waals surface area contributed by atoms with Crippen LogP contribution >= 0.6 is 0 Å². The van der Waals surface area contributed by atoms with Gasteiger partial charge >= 0.3 is 5.97 Å². The first-order valence-corrected chi connectivity index (χ1v) is 2.22. The standard InChI is InChI=1S/C5H9NO2/c1-4(2)6-8-5(3)7/h6H,1H2,2-3H3. The summed E-state index contributed by atoms with van der Waals surface area (Å²) in [5, 5.41) is 0. The van der Waals surface area contributed by atoms with Gasteiger partial charge in [0.2, 0.25) is 0 Å². The summed E-state index contributed by atoms with van der Waals surface area (Å²) in [7, 11) is 0. The highest BCUT2D eigenvalue weighted by Gasteiger charge is 1.87. The number of hydrogen-bond donors (Lipinski definition) is 1. The van der Waals surface area contributed by atoms with Crippen molar-refractivity contribution < 1.29 is 9.63 Å². The van der Waals surface area contributed by atoms with Crippen molar-refractivity contribution in [3.05, 3.63) is 12.3 Å². The first-order valence-electron chi connectivity index (χ1n) is 2.22. The lowest BCUT2D eigenvalue weighted by Gasteiger charge is -2.00. The maximum atomic E-state index is 10.0. The van der Waals surface area contributed by atoms with Crippen LogP contribution in [0.4, 0.5) is 0 Å². The lowest BCUT2D eigenvalue weighted by atomic mass is 10.6. The third kappa shape index (κ3) is 5.01. The minimum absolute atomic E-state index is 0.368. The Morgan fingerprint density at radius 2 is 2.12 bits per heavy atom. The molecule has 0 saturated heterocycles. The van der Waals surface area contributed by atoms with Gasteiger partial charge in [-0.1, -0.05) is 6.58 Å². The fourth-order valence-corrected chi connectivity index (χ4v) is 0.159. The van der Waals surface area contributed by atoms with E-state index in [4.69, 9.17) is 0 Å². The highest BCUT2D eigenvalue weighted by atomic mass is 16.7. The summed E-state index contributed by atoms with van der Waals surface area (Å²) >= 11 is 0. The average Bonchev–Trinajstić information content (AvgIpc) is 1.61. The van der Waals surface area contributed by atoms with Crippen LogP contribution in [0.3, 0.4) is 0 Å². The summed E-state index contributed by atoms with van der Waals surface area (Å²) in [4.78, 5) is 14.3. The van der Waals surface area contributed by atoms with Gasteiger partial charge in [0.05, 0.1) is 0 Å². The van der Waals surface area contributed by atoms with Gasteiger partial charge in [0.25, 0.3) is 0 Å². The van der Waals surface area contributed by atoms with E-state index >= 15 is 0 Å². The van der Waals surface area contributed by atoms with E-state index in [9.17, 15) is 4.79 Å². The fourth-order valence-electron chi connectivity index (χ4n) is 0.159. The molecule has 0 amide bonds. The van der Waals surface area contributed by atoms with Crippen molar-refractivity contribution in [2.24, 2.45) is 0 Å². The van der Waals surface area contributed by atoms with Crippen LogP contribution in [-0.4, -0.2) is 5.97 Å². The second-order valence-electron chi connectivity index (χ2n) is 1.48. The Morgan fingerprint density at radius 3 is 2.25 bits per heavy atom. The van der Waals surface area contributed by atoms with E-state index in [0.29, 0.717) is 5.70 Å². The van der Waals surface area contributed by atoms with Crippen molar-refractivity contribution >= 4 is 5.97 Å². The largest absolute Gasteiger partial charge is 0.344 e. The van der Waals surface area contributed by atoms with Gasteiger partial charge in [-0.15, -0.1) is 0 Å². The summed E-state index contributed by atoms with van der Waals surface area (Å²) in [6, 6.07) is 0. The summed E-state index contributed by atoms with van der Waals surface area (Å²) in [5.41, 5.74) is 2.91. The molecule has 0 aromatic heterocycles. The molecule has 0 aliphatic heterocycles. The monoisotopic (exact) mass is 115 g/mol. The third-order valence-electron chi connectivity index (χ3n) is 0.369. The third-order valence-corrected chi connectivity index (χ3v) is 0.369.